The van der Waals surface area contributed by atoms with Crippen LogP contribution in [-0.4, -0.2) is 18.0 Å². The number of hydrogen-bond donors (Lipinski definition) is 0. The Morgan fingerprint density at radius 3 is 2.11 bits per heavy atom. The third-order valence-corrected chi connectivity index (χ3v) is 2.78. The lowest BCUT2D eigenvalue weighted by Crippen LogP contribution is -2.31. The summed E-state index contributed by atoms with van der Waals surface area (Å²) in [5.74, 6) is 1.30. The largest absolute Gasteiger partial charge is 0.299 e. The van der Waals surface area contributed by atoms with Crippen LogP contribution in [0.25, 0.3) is 0 Å². The van der Waals surface area contributed by atoms with Gasteiger partial charge in [-0.25, -0.2) is 0 Å². The van der Waals surface area contributed by atoms with E-state index in [2.05, 4.69) is 44.7 Å². The fourth-order valence-corrected chi connectivity index (χ4v) is 2.24. The third-order valence-electron chi connectivity index (χ3n) is 2.78. The van der Waals surface area contributed by atoms with E-state index in [1.807, 2.05) is 18.2 Å². The summed E-state index contributed by atoms with van der Waals surface area (Å²) in [7, 11) is 0. The molecule has 0 saturated heterocycles. The molecule has 0 aliphatic rings. The first-order chi connectivity index (χ1) is 8.52. The van der Waals surface area contributed by atoms with Crippen molar-refractivity contribution in [2.45, 2.75) is 34.2 Å². The quantitative estimate of drug-likeness (QED) is 0.763. The van der Waals surface area contributed by atoms with Gasteiger partial charge in [0.1, 0.15) is 0 Å². The SMILES string of the molecule is CC(C)CN(Cc1ccccc1C#N)CC(C)C. The van der Waals surface area contributed by atoms with Crippen LogP contribution in [0, 0.1) is 23.2 Å². The van der Waals surface area contributed by atoms with Gasteiger partial charge in [0.25, 0.3) is 0 Å². The first-order valence-corrected chi connectivity index (χ1v) is 6.73. The van der Waals surface area contributed by atoms with Gasteiger partial charge in [-0.05, 0) is 23.5 Å². The second-order valence-electron chi connectivity index (χ2n) is 5.75. The summed E-state index contributed by atoms with van der Waals surface area (Å²) < 4.78 is 0. The molecule has 0 amide bonds. The van der Waals surface area contributed by atoms with E-state index in [-0.39, 0.29) is 0 Å². The standard InChI is InChI=1S/C16H24N2/c1-13(2)10-18(11-14(3)4)12-16-8-6-5-7-15(16)9-17/h5-8,13-14H,10-12H2,1-4H3. The number of benzene rings is 1. The van der Waals surface area contributed by atoms with E-state index in [1.54, 1.807) is 0 Å². The predicted molar refractivity (Wildman–Crippen MR) is 76.1 cm³/mol. The summed E-state index contributed by atoms with van der Waals surface area (Å²) in [5.41, 5.74) is 1.94. The zero-order valence-corrected chi connectivity index (χ0v) is 12.0. The molecule has 0 aromatic heterocycles. The molecular formula is C16H24N2. The maximum atomic E-state index is 9.13. The van der Waals surface area contributed by atoms with Crippen LogP contribution >= 0.6 is 0 Å². The molecule has 0 radical (unpaired) electrons. The molecule has 0 aliphatic heterocycles. The van der Waals surface area contributed by atoms with Crippen LogP contribution in [0.15, 0.2) is 24.3 Å². The minimum Gasteiger partial charge on any atom is -0.299 e. The van der Waals surface area contributed by atoms with Crippen LogP contribution in [0.1, 0.15) is 38.8 Å². The third kappa shape index (κ3) is 4.89. The molecule has 18 heavy (non-hydrogen) atoms. The van der Waals surface area contributed by atoms with Crippen LogP contribution in [0.4, 0.5) is 0 Å². The van der Waals surface area contributed by atoms with Crippen LogP contribution in [0.5, 0.6) is 0 Å². The Morgan fingerprint density at radius 1 is 1.06 bits per heavy atom. The Kier molecular flexibility index (Phi) is 5.88. The summed E-state index contributed by atoms with van der Waals surface area (Å²) in [6, 6.07) is 10.2. The summed E-state index contributed by atoms with van der Waals surface area (Å²) in [6.07, 6.45) is 0. The van der Waals surface area contributed by atoms with Crippen LogP contribution < -0.4 is 0 Å². The first-order valence-electron chi connectivity index (χ1n) is 6.73. The fourth-order valence-electron chi connectivity index (χ4n) is 2.24. The summed E-state index contributed by atoms with van der Waals surface area (Å²) in [5, 5.41) is 9.13. The van der Waals surface area contributed by atoms with Crippen molar-refractivity contribution in [2.75, 3.05) is 13.1 Å². The zero-order valence-electron chi connectivity index (χ0n) is 12.0. The normalized spacial score (nSPS) is 11.2. The highest BCUT2D eigenvalue weighted by Gasteiger charge is 2.12. The van der Waals surface area contributed by atoms with Gasteiger partial charge < -0.3 is 0 Å². The van der Waals surface area contributed by atoms with Gasteiger partial charge in [-0.2, -0.15) is 5.26 Å². The number of rotatable bonds is 6. The van der Waals surface area contributed by atoms with Crippen LogP contribution in [-0.2, 0) is 6.54 Å². The lowest BCUT2D eigenvalue weighted by atomic mass is 10.1. The topological polar surface area (TPSA) is 27.0 Å². The number of nitriles is 1. The molecule has 98 valence electrons. The van der Waals surface area contributed by atoms with Crippen molar-refractivity contribution in [1.82, 2.24) is 4.90 Å². The van der Waals surface area contributed by atoms with E-state index in [1.165, 1.54) is 0 Å². The highest BCUT2D eigenvalue weighted by atomic mass is 15.1. The van der Waals surface area contributed by atoms with Gasteiger partial charge in [-0.3, -0.25) is 4.90 Å². The summed E-state index contributed by atoms with van der Waals surface area (Å²) in [4.78, 5) is 2.45. The van der Waals surface area contributed by atoms with Gasteiger partial charge in [-0.15, -0.1) is 0 Å². The van der Waals surface area contributed by atoms with E-state index in [0.717, 1.165) is 30.8 Å². The molecule has 1 aromatic rings. The van der Waals surface area contributed by atoms with Crippen LogP contribution in [0.2, 0.25) is 0 Å². The molecule has 0 heterocycles. The first kappa shape index (κ1) is 14.7. The maximum Gasteiger partial charge on any atom is 0.0995 e. The summed E-state index contributed by atoms with van der Waals surface area (Å²) in [6.45, 7) is 12.0. The van der Waals surface area contributed by atoms with Crippen molar-refractivity contribution in [3.8, 4) is 6.07 Å². The average Bonchev–Trinajstić information content (AvgIpc) is 2.27. The fraction of sp³-hybridized carbons (Fsp3) is 0.562. The predicted octanol–water partition coefficient (Wildman–Crippen LogP) is 3.67. The van der Waals surface area contributed by atoms with E-state index in [9.17, 15) is 0 Å². The van der Waals surface area contributed by atoms with E-state index in [0.29, 0.717) is 11.8 Å². The maximum absolute atomic E-state index is 9.13. The highest BCUT2D eigenvalue weighted by molar-refractivity contribution is 5.37. The van der Waals surface area contributed by atoms with E-state index < -0.39 is 0 Å². The monoisotopic (exact) mass is 244 g/mol. The van der Waals surface area contributed by atoms with Crippen molar-refractivity contribution in [1.29, 1.82) is 5.26 Å². The van der Waals surface area contributed by atoms with Gasteiger partial charge in [0.2, 0.25) is 0 Å². The zero-order chi connectivity index (χ0) is 13.5. The summed E-state index contributed by atoms with van der Waals surface area (Å²) >= 11 is 0. The van der Waals surface area contributed by atoms with E-state index in [4.69, 9.17) is 5.26 Å². The Morgan fingerprint density at radius 2 is 1.61 bits per heavy atom. The molecule has 0 bridgehead atoms. The molecule has 0 spiro atoms. The molecule has 0 saturated carbocycles. The molecule has 1 aromatic carbocycles. The molecule has 0 N–H and O–H groups in total. The van der Waals surface area contributed by atoms with Gasteiger partial charge >= 0.3 is 0 Å². The van der Waals surface area contributed by atoms with E-state index >= 15 is 0 Å². The number of hydrogen-bond acceptors (Lipinski definition) is 2. The van der Waals surface area contributed by atoms with Gasteiger partial charge in [0.05, 0.1) is 11.6 Å². The average molecular weight is 244 g/mol. The molecule has 1 rings (SSSR count). The van der Waals surface area contributed by atoms with Crippen molar-refractivity contribution in [3.63, 3.8) is 0 Å². The molecule has 2 nitrogen and oxygen atoms in total. The van der Waals surface area contributed by atoms with Crippen LogP contribution in [0.3, 0.4) is 0 Å². The highest BCUT2D eigenvalue weighted by Crippen LogP contribution is 2.13. The molecular weight excluding hydrogens is 220 g/mol. The smallest absolute Gasteiger partial charge is 0.0995 e. The Balaban J connectivity index is 2.79. The number of nitrogens with zero attached hydrogens (tertiary/aromatic N) is 2. The molecule has 0 aliphatic carbocycles. The van der Waals surface area contributed by atoms with Gasteiger partial charge in [0.15, 0.2) is 0 Å². The lowest BCUT2D eigenvalue weighted by Gasteiger charge is -2.26. The molecule has 2 heteroatoms. The minimum absolute atomic E-state index is 0.651. The van der Waals surface area contributed by atoms with Gasteiger partial charge in [-0.1, -0.05) is 45.9 Å². The molecule has 0 atom stereocenters. The Hall–Kier alpha value is -1.33. The Bertz CT molecular complexity index is 392. The van der Waals surface area contributed by atoms with Crippen molar-refractivity contribution in [2.24, 2.45) is 11.8 Å². The Labute approximate surface area is 111 Å². The molecule has 0 fully saturated rings. The minimum atomic E-state index is 0.651. The lowest BCUT2D eigenvalue weighted by molar-refractivity contribution is 0.211. The molecule has 0 unspecified atom stereocenters. The van der Waals surface area contributed by atoms with Crippen molar-refractivity contribution < 1.29 is 0 Å². The second-order valence-corrected chi connectivity index (χ2v) is 5.75. The van der Waals surface area contributed by atoms with Gasteiger partial charge in [0, 0.05) is 19.6 Å². The van der Waals surface area contributed by atoms with Crippen molar-refractivity contribution >= 4 is 0 Å². The van der Waals surface area contributed by atoms with Crippen molar-refractivity contribution in [3.05, 3.63) is 35.4 Å². The second kappa shape index (κ2) is 7.18.